The minimum atomic E-state index is -3.11. The zero-order chi connectivity index (χ0) is 17.2. The average Bonchev–Trinajstić information content (AvgIpc) is 3.16. The van der Waals surface area contributed by atoms with E-state index in [1.165, 1.54) is 17.4 Å². The number of sulfonamides is 1. The lowest BCUT2D eigenvalue weighted by atomic mass is 10.1. The molecule has 1 aliphatic rings. The summed E-state index contributed by atoms with van der Waals surface area (Å²) in [5, 5.41) is 4.34. The van der Waals surface area contributed by atoms with Crippen molar-refractivity contribution in [2.24, 2.45) is 5.92 Å². The predicted molar refractivity (Wildman–Crippen MR) is 94.5 cm³/mol. The number of hydrogen-bond acceptors (Lipinski definition) is 4. The van der Waals surface area contributed by atoms with Gasteiger partial charge in [0, 0.05) is 32.0 Å². The van der Waals surface area contributed by atoms with Crippen LogP contribution in [-0.2, 0) is 16.6 Å². The molecule has 2 heterocycles. The number of aromatic nitrogens is 2. The summed E-state index contributed by atoms with van der Waals surface area (Å²) in [5.74, 6) is 0.373. The first-order valence-corrected chi connectivity index (χ1v) is 10.1. The number of nitrogens with one attached hydrogen (secondary N) is 1. The Morgan fingerprint density at radius 2 is 2.21 bits per heavy atom. The van der Waals surface area contributed by atoms with E-state index in [-0.39, 0.29) is 0 Å². The van der Waals surface area contributed by atoms with Crippen LogP contribution in [0.5, 0.6) is 0 Å². The fraction of sp³-hybridized carbons (Fsp3) is 0.471. The highest BCUT2D eigenvalue weighted by Crippen LogP contribution is 2.22. The summed E-state index contributed by atoms with van der Waals surface area (Å²) in [6.45, 7) is 5.37. The number of nitrogens with zero attached hydrogens (tertiary/aromatic N) is 3. The largest absolute Gasteiger partial charge is 0.299 e. The summed E-state index contributed by atoms with van der Waals surface area (Å²) < 4.78 is 27.0. The first-order chi connectivity index (χ1) is 11.4. The van der Waals surface area contributed by atoms with E-state index in [2.05, 4.69) is 39.8 Å². The summed E-state index contributed by atoms with van der Waals surface area (Å²) >= 11 is 0. The second kappa shape index (κ2) is 7.04. The molecule has 3 rings (SSSR count). The molecule has 24 heavy (non-hydrogen) atoms. The molecule has 0 aliphatic carbocycles. The van der Waals surface area contributed by atoms with Gasteiger partial charge in [-0.3, -0.25) is 4.90 Å². The van der Waals surface area contributed by atoms with Crippen LogP contribution in [-0.4, -0.2) is 49.0 Å². The van der Waals surface area contributed by atoms with E-state index in [0.29, 0.717) is 12.5 Å². The molecular weight excluding hydrogens is 324 g/mol. The molecule has 0 spiro atoms. The number of aryl methyl sites for hydroxylation is 1. The van der Waals surface area contributed by atoms with Crippen LogP contribution in [0, 0.1) is 12.8 Å². The highest BCUT2D eigenvalue weighted by molar-refractivity contribution is 7.88. The summed E-state index contributed by atoms with van der Waals surface area (Å²) in [5.41, 5.74) is 3.58. The van der Waals surface area contributed by atoms with Crippen LogP contribution in [0.1, 0.15) is 17.5 Å². The van der Waals surface area contributed by atoms with E-state index in [9.17, 15) is 8.42 Å². The molecule has 1 aromatic heterocycles. The SMILES string of the molecule is Cc1ccc(-n2cccn2)c(CN2CCC(CNS(C)(=O)=O)C2)c1. The minimum Gasteiger partial charge on any atom is -0.299 e. The highest BCUT2D eigenvalue weighted by atomic mass is 32.2. The van der Waals surface area contributed by atoms with E-state index in [1.54, 1.807) is 6.20 Å². The Labute approximate surface area is 143 Å². The summed E-state index contributed by atoms with van der Waals surface area (Å²) in [4.78, 5) is 2.39. The lowest BCUT2D eigenvalue weighted by Crippen LogP contribution is -2.30. The summed E-state index contributed by atoms with van der Waals surface area (Å²) in [6, 6.07) is 8.34. The molecular formula is C17H24N4O2S. The Morgan fingerprint density at radius 1 is 1.38 bits per heavy atom. The van der Waals surface area contributed by atoms with Crippen molar-refractivity contribution in [1.82, 2.24) is 19.4 Å². The maximum atomic E-state index is 11.2. The minimum absolute atomic E-state index is 0.373. The molecule has 1 saturated heterocycles. The van der Waals surface area contributed by atoms with Gasteiger partial charge in [0.15, 0.2) is 0 Å². The smallest absolute Gasteiger partial charge is 0.208 e. The average molecular weight is 348 g/mol. The van der Waals surface area contributed by atoms with Crippen molar-refractivity contribution in [3.63, 3.8) is 0 Å². The first kappa shape index (κ1) is 17.1. The molecule has 1 aromatic carbocycles. The van der Waals surface area contributed by atoms with E-state index in [4.69, 9.17) is 0 Å². The van der Waals surface area contributed by atoms with Gasteiger partial charge in [0.25, 0.3) is 0 Å². The van der Waals surface area contributed by atoms with E-state index >= 15 is 0 Å². The first-order valence-electron chi connectivity index (χ1n) is 8.17. The Hall–Kier alpha value is -1.70. The Morgan fingerprint density at radius 3 is 2.92 bits per heavy atom. The van der Waals surface area contributed by atoms with Crippen LogP contribution in [0.15, 0.2) is 36.7 Å². The van der Waals surface area contributed by atoms with Gasteiger partial charge in [0.2, 0.25) is 10.0 Å². The van der Waals surface area contributed by atoms with Gasteiger partial charge in [0.1, 0.15) is 0 Å². The lowest BCUT2D eigenvalue weighted by Gasteiger charge is -2.19. The van der Waals surface area contributed by atoms with Crippen molar-refractivity contribution in [3.05, 3.63) is 47.8 Å². The van der Waals surface area contributed by atoms with Gasteiger partial charge in [-0.15, -0.1) is 0 Å². The van der Waals surface area contributed by atoms with E-state index in [0.717, 1.165) is 31.7 Å². The van der Waals surface area contributed by atoms with Crippen molar-refractivity contribution in [2.45, 2.75) is 19.9 Å². The lowest BCUT2D eigenvalue weighted by molar-refractivity contribution is 0.316. The number of hydrogen-bond donors (Lipinski definition) is 1. The zero-order valence-corrected chi connectivity index (χ0v) is 15.0. The number of rotatable bonds is 6. The van der Waals surface area contributed by atoms with Gasteiger partial charge >= 0.3 is 0 Å². The van der Waals surface area contributed by atoms with Crippen molar-refractivity contribution in [1.29, 1.82) is 0 Å². The monoisotopic (exact) mass is 348 g/mol. The van der Waals surface area contributed by atoms with Gasteiger partial charge in [-0.2, -0.15) is 5.10 Å². The maximum Gasteiger partial charge on any atom is 0.208 e. The van der Waals surface area contributed by atoms with Gasteiger partial charge < -0.3 is 0 Å². The molecule has 1 atom stereocenters. The Kier molecular flexibility index (Phi) is 5.03. The molecule has 0 saturated carbocycles. The number of likely N-dealkylation sites (tertiary alicyclic amines) is 1. The third-order valence-electron chi connectivity index (χ3n) is 4.38. The normalized spacial score (nSPS) is 19.0. The summed E-state index contributed by atoms with van der Waals surface area (Å²) in [6.07, 6.45) is 5.97. The van der Waals surface area contributed by atoms with Gasteiger partial charge in [0.05, 0.1) is 11.9 Å². The van der Waals surface area contributed by atoms with Crippen molar-refractivity contribution < 1.29 is 8.42 Å². The van der Waals surface area contributed by atoms with Crippen molar-refractivity contribution >= 4 is 10.0 Å². The van der Waals surface area contributed by atoms with Crippen LogP contribution in [0.2, 0.25) is 0 Å². The molecule has 0 bridgehead atoms. The van der Waals surface area contributed by atoms with Crippen LogP contribution in [0.25, 0.3) is 5.69 Å². The second-order valence-corrected chi connectivity index (χ2v) is 8.43. The topological polar surface area (TPSA) is 67.2 Å². The van der Waals surface area contributed by atoms with Gasteiger partial charge in [-0.1, -0.05) is 17.7 Å². The standard InChI is InChI=1S/C17H24N4O2S/c1-14-4-5-17(21-8-3-7-18-21)16(10-14)13-20-9-6-15(12-20)11-19-24(2,22)23/h3-5,7-8,10,15,19H,6,9,11-13H2,1-2H3. The Balaban J connectivity index is 1.68. The quantitative estimate of drug-likeness (QED) is 0.860. The fourth-order valence-corrected chi connectivity index (χ4v) is 3.75. The molecule has 1 aliphatic heterocycles. The molecule has 130 valence electrons. The van der Waals surface area contributed by atoms with Crippen molar-refractivity contribution in [3.8, 4) is 5.69 Å². The molecule has 6 nitrogen and oxygen atoms in total. The zero-order valence-electron chi connectivity index (χ0n) is 14.1. The fourth-order valence-electron chi connectivity index (χ4n) is 3.21. The van der Waals surface area contributed by atoms with E-state index in [1.807, 2.05) is 16.9 Å². The molecule has 2 aromatic rings. The third-order valence-corrected chi connectivity index (χ3v) is 5.08. The number of benzene rings is 1. The molecule has 0 amide bonds. The molecule has 1 N–H and O–H groups in total. The maximum absolute atomic E-state index is 11.2. The predicted octanol–water partition coefficient (Wildman–Crippen LogP) is 1.55. The molecule has 1 unspecified atom stereocenters. The van der Waals surface area contributed by atoms with Gasteiger partial charge in [-0.25, -0.2) is 17.8 Å². The molecule has 0 radical (unpaired) electrons. The molecule has 7 heteroatoms. The van der Waals surface area contributed by atoms with Gasteiger partial charge in [-0.05, 0) is 43.5 Å². The molecule has 1 fully saturated rings. The van der Waals surface area contributed by atoms with Crippen LogP contribution >= 0.6 is 0 Å². The van der Waals surface area contributed by atoms with Crippen LogP contribution in [0.4, 0.5) is 0 Å². The van der Waals surface area contributed by atoms with Crippen LogP contribution < -0.4 is 4.72 Å². The third kappa shape index (κ3) is 4.43. The van der Waals surface area contributed by atoms with Crippen molar-refractivity contribution in [2.75, 3.05) is 25.9 Å². The van der Waals surface area contributed by atoms with E-state index < -0.39 is 10.0 Å². The summed E-state index contributed by atoms with van der Waals surface area (Å²) in [7, 11) is -3.11. The second-order valence-electron chi connectivity index (χ2n) is 6.59. The van der Waals surface area contributed by atoms with Crippen LogP contribution in [0.3, 0.4) is 0 Å². The Bertz CT molecular complexity index is 787. The highest BCUT2D eigenvalue weighted by Gasteiger charge is 2.24.